The fourth-order valence-electron chi connectivity index (χ4n) is 3.25. The van der Waals surface area contributed by atoms with E-state index in [0.29, 0.717) is 6.54 Å². The molecule has 0 bridgehead atoms. The minimum Gasteiger partial charge on any atom is -0.493 e. The number of rotatable bonds is 7. The van der Waals surface area contributed by atoms with Crippen molar-refractivity contribution in [1.82, 2.24) is 10.2 Å². The molecule has 0 spiro atoms. The molecule has 1 aliphatic heterocycles. The standard InChI is InChI=1S/C20H31N3O4.HI/c1-5-21-20(23-12-9-16(10-13-23)19(24)27-4)22-11-8-15-6-7-17(25-2)18(14-15)26-3;/h6-7,14,16H,5,8-13H2,1-4H3,(H,21,22);1H. The Kier molecular flexibility index (Phi) is 11.0. The molecule has 0 aromatic heterocycles. The maximum absolute atomic E-state index is 11.7. The Balaban J connectivity index is 0.00000392. The van der Waals surface area contributed by atoms with Gasteiger partial charge in [0.05, 0.1) is 27.2 Å². The molecular weight excluding hydrogens is 473 g/mol. The number of carbonyl (C=O) groups is 1. The van der Waals surface area contributed by atoms with Crippen LogP contribution in [0, 0.1) is 5.92 Å². The minimum absolute atomic E-state index is 0. The van der Waals surface area contributed by atoms with Crippen molar-refractivity contribution in [3.05, 3.63) is 23.8 Å². The zero-order chi connectivity index (χ0) is 19.6. The second kappa shape index (κ2) is 12.7. The monoisotopic (exact) mass is 505 g/mol. The number of hydrogen-bond acceptors (Lipinski definition) is 5. The molecule has 0 saturated carbocycles. The molecule has 2 rings (SSSR count). The predicted octanol–water partition coefficient (Wildman–Crippen LogP) is 2.71. The molecule has 1 fully saturated rings. The van der Waals surface area contributed by atoms with E-state index in [4.69, 9.17) is 19.2 Å². The van der Waals surface area contributed by atoms with E-state index in [1.165, 1.54) is 7.11 Å². The van der Waals surface area contributed by atoms with E-state index in [9.17, 15) is 4.79 Å². The van der Waals surface area contributed by atoms with Crippen molar-refractivity contribution in [2.24, 2.45) is 10.9 Å². The zero-order valence-corrected chi connectivity index (χ0v) is 19.5. The third-order valence-electron chi connectivity index (χ3n) is 4.77. The van der Waals surface area contributed by atoms with Crippen LogP contribution >= 0.6 is 24.0 Å². The third-order valence-corrected chi connectivity index (χ3v) is 4.77. The number of guanidine groups is 1. The van der Waals surface area contributed by atoms with E-state index in [1.54, 1.807) is 14.2 Å². The lowest BCUT2D eigenvalue weighted by molar-refractivity contribution is -0.146. The Bertz CT molecular complexity index is 646. The third kappa shape index (κ3) is 6.72. The van der Waals surface area contributed by atoms with Gasteiger partial charge in [-0.1, -0.05) is 6.07 Å². The normalized spacial score (nSPS) is 14.9. The molecule has 0 amide bonds. The highest BCUT2D eigenvalue weighted by Gasteiger charge is 2.26. The Hall–Kier alpha value is -1.71. The molecule has 0 atom stereocenters. The van der Waals surface area contributed by atoms with Gasteiger partial charge in [-0.05, 0) is 43.9 Å². The van der Waals surface area contributed by atoms with Crippen LogP contribution in [-0.4, -0.2) is 64.3 Å². The first-order valence-electron chi connectivity index (χ1n) is 9.44. The summed E-state index contributed by atoms with van der Waals surface area (Å²) >= 11 is 0. The summed E-state index contributed by atoms with van der Waals surface area (Å²) in [7, 11) is 4.73. The summed E-state index contributed by atoms with van der Waals surface area (Å²) in [5.41, 5.74) is 1.15. The summed E-state index contributed by atoms with van der Waals surface area (Å²) in [6.07, 6.45) is 2.41. The number of nitrogens with zero attached hydrogens (tertiary/aromatic N) is 2. The maximum Gasteiger partial charge on any atom is 0.308 e. The van der Waals surface area contributed by atoms with Gasteiger partial charge < -0.3 is 24.4 Å². The molecule has 1 aromatic rings. The fraction of sp³-hybridized carbons (Fsp3) is 0.600. The molecule has 1 aliphatic rings. The Morgan fingerprint density at radius 3 is 2.43 bits per heavy atom. The number of esters is 1. The highest BCUT2D eigenvalue weighted by molar-refractivity contribution is 14.0. The number of benzene rings is 1. The summed E-state index contributed by atoms with van der Waals surface area (Å²) in [6, 6.07) is 5.94. The van der Waals surface area contributed by atoms with Gasteiger partial charge in [-0.2, -0.15) is 0 Å². The zero-order valence-electron chi connectivity index (χ0n) is 17.2. The summed E-state index contributed by atoms with van der Waals surface area (Å²) in [4.78, 5) is 18.7. The van der Waals surface area contributed by atoms with Crippen LogP contribution in [-0.2, 0) is 16.0 Å². The van der Waals surface area contributed by atoms with E-state index in [1.807, 2.05) is 18.2 Å². The second-order valence-electron chi connectivity index (χ2n) is 6.46. The van der Waals surface area contributed by atoms with Gasteiger partial charge in [0.2, 0.25) is 0 Å². The van der Waals surface area contributed by atoms with Gasteiger partial charge in [-0.15, -0.1) is 24.0 Å². The van der Waals surface area contributed by atoms with Crippen molar-refractivity contribution in [3.63, 3.8) is 0 Å². The number of aliphatic imine (C=N–C) groups is 1. The lowest BCUT2D eigenvalue weighted by Crippen LogP contribution is -2.46. The largest absolute Gasteiger partial charge is 0.493 e. The van der Waals surface area contributed by atoms with Crippen molar-refractivity contribution in [2.45, 2.75) is 26.2 Å². The quantitative estimate of drug-likeness (QED) is 0.266. The summed E-state index contributed by atoms with van der Waals surface area (Å²) in [5, 5.41) is 3.35. The lowest BCUT2D eigenvalue weighted by Gasteiger charge is -2.33. The molecule has 28 heavy (non-hydrogen) atoms. The Morgan fingerprint density at radius 2 is 1.86 bits per heavy atom. The van der Waals surface area contributed by atoms with Crippen LogP contribution in [0.5, 0.6) is 11.5 Å². The fourth-order valence-corrected chi connectivity index (χ4v) is 3.25. The predicted molar refractivity (Wildman–Crippen MR) is 121 cm³/mol. The van der Waals surface area contributed by atoms with Crippen molar-refractivity contribution in [3.8, 4) is 11.5 Å². The van der Waals surface area contributed by atoms with Gasteiger partial charge in [0.1, 0.15) is 0 Å². The van der Waals surface area contributed by atoms with Crippen LogP contribution in [0.25, 0.3) is 0 Å². The van der Waals surface area contributed by atoms with Gasteiger partial charge in [0, 0.05) is 26.2 Å². The number of halogens is 1. The summed E-state index contributed by atoms with van der Waals surface area (Å²) in [6.45, 7) is 5.16. The number of methoxy groups -OCH3 is 3. The molecule has 0 aliphatic carbocycles. The Labute approximate surface area is 184 Å². The van der Waals surface area contributed by atoms with Crippen LogP contribution in [0.15, 0.2) is 23.2 Å². The minimum atomic E-state index is -0.106. The first kappa shape index (κ1) is 24.3. The maximum atomic E-state index is 11.7. The molecule has 0 radical (unpaired) electrons. The van der Waals surface area contributed by atoms with Gasteiger partial charge in [0.15, 0.2) is 17.5 Å². The number of carbonyl (C=O) groups excluding carboxylic acids is 1. The van der Waals surface area contributed by atoms with Crippen molar-refractivity contribution in [1.29, 1.82) is 0 Å². The molecule has 8 heteroatoms. The van der Waals surface area contributed by atoms with Gasteiger partial charge in [-0.25, -0.2) is 0 Å². The van der Waals surface area contributed by atoms with Gasteiger partial charge in [0.25, 0.3) is 0 Å². The van der Waals surface area contributed by atoms with E-state index in [-0.39, 0.29) is 35.9 Å². The molecule has 0 unspecified atom stereocenters. The van der Waals surface area contributed by atoms with Crippen LogP contribution in [0.1, 0.15) is 25.3 Å². The number of ether oxygens (including phenoxy) is 3. The van der Waals surface area contributed by atoms with Crippen molar-refractivity contribution >= 4 is 35.9 Å². The molecule has 158 valence electrons. The van der Waals surface area contributed by atoms with Gasteiger partial charge >= 0.3 is 5.97 Å². The summed E-state index contributed by atoms with van der Waals surface area (Å²) < 4.78 is 15.5. The number of hydrogen-bond donors (Lipinski definition) is 1. The number of nitrogens with one attached hydrogen (secondary N) is 1. The number of piperidine rings is 1. The average molecular weight is 505 g/mol. The highest BCUT2D eigenvalue weighted by Crippen LogP contribution is 2.27. The highest BCUT2D eigenvalue weighted by atomic mass is 127. The van der Waals surface area contributed by atoms with E-state index >= 15 is 0 Å². The Morgan fingerprint density at radius 1 is 1.18 bits per heavy atom. The molecule has 1 aromatic carbocycles. The second-order valence-corrected chi connectivity index (χ2v) is 6.46. The van der Waals surface area contributed by atoms with Crippen LogP contribution in [0.4, 0.5) is 0 Å². The van der Waals surface area contributed by atoms with Crippen molar-refractivity contribution in [2.75, 3.05) is 47.5 Å². The van der Waals surface area contributed by atoms with Crippen LogP contribution < -0.4 is 14.8 Å². The van der Waals surface area contributed by atoms with E-state index in [0.717, 1.165) is 61.9 Å². The average Bonchev–Trinajstić information content (AvgIpc) is 2.72. The molecule has 1 saturated heterocycles. The number of likely N-dealkylation sites (tertiary alicyclic amines) is 1. The lowest BCUT2D eigenvalue weighted by atomic mass is 9.97. The van der Waals surface area contributed by atoms with E-state index in [2.05, 4.69) is 17.1 Å². The summed E-state index contributed by atoms with van der Waals surface area (Å²) in [5.74, 6) is 2.26. The molecular formula is C20H32IN3O4. The van der Waals surface area contributed by atoms with Crippen LogP contribution in [0.2, 0.25) is 0 Å². The smallest absolute Gasteiger partial charge is 0.308 e. The molecule has 1 heterocycles. The first-order chi connectivity index (χ1) is 13.1. The topological polar surface area (TPSA) is 72.4 Å². The van der Waals surface area contributed by atoms with Gasteiger partial charge in [-0.3, -0.25) is 9.79 Å². The van der Waals surface area contributed by atoms with Crippen molar-refractivity contribution < 1.29 is 19.0 Å². The molecule has 1 N–H and O–H groups in total. The van der Waals surface area contributed by atoms with E-state index < -0.39 is 0 Å². The SMILES string of the molecule is CCNC(=NCCc1ccc(OC)c(OC)c1)N1CCC(C(=O)OC)CC1.I. The molecule has 7 nitrogen and oxygen atoms in total. The van der Waals surface area contributed by atoms with Crippen LogP contribution in [0.3, 0.4) is 0 Å². The first-order valence-corrected chi connectivity index (χ1v) is 9.44.